The van der Waals surface area contributed by atoms with Crippen LogP contribution in [0.1, 0.15) is 45.4 Å². The monoisotopic (exact) mass is 271 g/mol. The van der Waals surface area contributed by atoms with Crippen LogP contribution in [0.3, 0.4) is 0 Å². The molecule has 1 amide bonds. The van der Waals surface area contributed by atoms with Gasteiger partial charge in [0.25, 0.3) is 0 Å². The molecule has 1 unspecified atom stereocenters. The molecule has 2 N–H and O–H groups in total. The summed E-state index contributed by atoms with van der Waals surface area (Å²) in [6.45, 7) is 2.66. The molecule has 19 heavy (non-hydrogen) atoms. The molecule has 0 radical (unpaired) electrons. The first-order valence-corrected chi connectivity index (χ1v) is 7.00. The summed E-state index contributed by atoms with van der Waals surface area (Å²) in [5.74, 6) is -2.45. The van der Waals surface area contributed by atoms with Crippen LogP contribution in [-0.2, 0) is 14.3 Å². The van der Waals surface area contributed by atoms with Crippen molar-refractivity contribution in [1.82, 2.24) is 5.32 Å². The fourth-order valence-corrected chi connectivity index (χ4v) is 2.68. The van der Waals surface area contributed by atoms with E-state index in [0.717, 1.165) is 19.3 Å². The Labute approximate surface area is 114 Å². The fourth-order valence-electron chi connectivity index (χ4n) is 2.68. The molecule has 110 valence electrons. The zero-order valence-electron chi connectivity index (χ0n) is 11.9. The van der Waals surface area contributed by atoms with Gasteiger partial charge in [0.2, 0.25) is 5.91 Å². The zero-order valence-corrected chi connectivity index (χ0v) is 11.9. The van der Waals surface area contributed by atoms with Gasteiger partial charge in [-0.3, -0.25) is 9.59 Å². The predicted molar refractivity (Wildman–Crippen MR) is 71.8 cm³/mol. The summed E-state index contributed by atoms with van der Waals surface area (Å²) >= 11 is 0. The molecular weight excluding hydrogens is 246 g/mol. The Hall–Kier alpha value is -1.10. The molecule has 1 aliphatic rings. The van der Waals surface area contributed by atoms with Crippen molar-refractivity contribution in [2.24, 2.45) is 11.3 Å². The summed E-state index contributed by atoms with van der Waals surface area (Å²) in [5, 5.41) is 11.6. The van der Waals surface area contributed by atoms with Gasteiger partial charge in [-0.15, -0.1) is 0 Å². The molecule has 1 atom stereocenters. The Morgan fingerprint density at radius 3 is 2.47 bits per heavy atom. The Kier molecular flexibility index (Phi) is 6.28. The Balaban J connectivity index is 2.53. The van der Waals surface area contributed by atoms with E-state index < -0.39 is 17.8 Å². The number of hydrogen-bond acceptors (Lipinski definition) is 3. The third-order valence-electron chi connectivity index (χ3n) is 4.15. The molecule has 1 fully saturated rings. The van der Waals surface area contributed by atoms with E-state index in [2.05, 4.69) is 5.32 Å². The van der Waals surface area contributed by atoms with E-state index in [4.69, 9.17) is 9.84 Å². The highest BCUT2D eigenvalue weighted by Gasteiger charge is 2.33. The lowest BCUT2D eigenvalue weighted by Crippen LogP contribution is -2.42. The molecule has 0 aromatic carbocycles. The van der Waals surface area contributed by atoms with Crippen LogP contribution in [0.5, 0.6) is 0 Å². The Bertz CT molecular complexity index is 311. The van der Waals surface area contributed by atoms with Crippen molar-refractivity contribution in [2.75, 3.05) is 20.3 Å². The van der Waals surface area contributed by atoms with Crippen LogP contribution in [0.2, 0.25) is 0 Å². The van der Waals surface area contributed by atoms with Crippen molar-refractivity contribution in [2.45, 2.75) is 45.4 Å². The van der Waals surface area contributed by atoms with E-state index in [1.807, 2.05) is 0 Å². The van der Waals surface area contributed by atoms with Gasteiger partial charge < -0.3 is 15.2 Å². The second kappa shape index (κ2) is 7.48. The van der Waals surface area contributed by atoms with Crippen molar-refractivity contribution in [3.8, 4) is 0 Å². The summed E-state index contributed by atoms with van der Waals surface area (Å²) in [5.41, 5.74) is 0.0855. The molecule has 1 rings (SSSR count). The third-order valence-corrected chi connectivity index (χ3v) is 4.15. The van der Waals surface area contributed by atoms with Crippen molar-refractivity contribution >= 4 is 11.9 Å². The topological polar surface area (TPSA) is 75.6 Å². The maximum Gasteiger partial charge on any atom is 0.315 e. The highest BCUT2D eigenvalue weighted by Crippen LogP contribution is 2.38. The number of aliphatic carboxylic acids is 1. The van der Waals surface area contributed by atoms with Gasteiger partial charge in [-0.25, -0.2) is 0 Å². The molecule has 0 spiro atoms. The van der Waals surface area contributed by atoms with E-state index >= 15 is 0 Å². The molecule has 1 saturated carbocycles. The smallest absolute Gasteiger partial charge is 0.315 e. The highest BCUT2D eigenvalue weighted by molar-refractivity contribution is 5.96. The molecular formula is C14H25NO4. The van der Waals surface area contributed by atoms with Crippen LogP contribution in [-0.4, -0.2) is 37.2 Å². The number of rotatable bonds is 7. The summed E-state index contributed by atoms with van der Waals surface area (Å²) in [6.07, 6.45) is 6.68. The van der Waals surface area contributed by atoms with Crippen LogP contribution < -0.4 is 5.32 Å². The number of carboxylic acid groups (broad SMARTS) is 1. The number of amides is 1. The number of ether oxygens (including phenoxy) is 1. The van der Waals surface area contributed by atoms with Crippen LogP contribution in [0.15, 0.2) is 0 Å². The Morgan fingerprint density at radius 1 is 1.32 bits per heavy atom. The van der Waals surface area contributed by atoms with Gasteiger partial charge in [-0.2, -0.15) is 0 Å². The van der Waals surface area contributed by atoms with Gasteiger partial charge in [0, 0.05) is 20.3 Å². The summed E-state index contributed by atoms with van der Waals surface area (Å²) in [6, 6.07) is 0. The largest absolute Gasteiger partial charge is 0.481 e. The van der Waals surface area contributed by atoms with Crippen LogP contribution in [0.25, 0.3) is 0 Å². The first kappa shape index (κ1) is 16.0. The first-order chi connectivity index (χ1) is 9.01. The molecule has 0 saturated heterocycles. The second-order valence-corrected chi connectivity index (χ2v) is 5.58. The van der Waals surface area contributed by atoms with Crippen molar-refractivity contribution in [3.63, 3.8) is 0 Å². The van der Waals surface area contributed by atoms with Crippen molar-refractivity contribution < 1.29 is 19.4 Å². The number of hydrogen-bond donors (Lipinski definition) is 2. The molecule has 0 heterocycles. The molecule has 1 aliphatic carbocycles. The summed E-state index contributed by atoms with van der Waals surface area (Å²) in [4.78, 5) is 22.5. The zero-order chi connectivity index (χ0) is 14.3. The van der Waals surface area contributed by atoms with Crippen molar-refractivity contribution in [3.05, 3.63) is 0 Å². The van der Waals surface area contributed by atoms with E-state index in [1.165, 1.54) is 26.2 Å². The lowest BCUT2D eigenvalue weighted by Gasteiger charge is -2.37. The van der Waals surface area contributed by atoms with Gasteiger partial charge >= 0.3 is 5.97 Å². The fraction of sp³-hybridized carbons (Fsp3) is 0.857. The minimum Gasteiger partial charge on any atom is -0.481 e. The molecule has 0 aromatic rings. The van der Waals surface area contributed by atoms with Crippen LogP contribution in [0, 0.1) is 11.3 Å². The molecule has 0 aromatic heterocycles. The maximum atomic E-state index is 11.7. The predicted octanol–water partition coefficient (Wildman–Crippen LogP) is 1.81. The number of carboxylic acids is 1. The number of nitrogens with one attached hydrogen (secondary N) is 1. The normalized spacial score (nSPS) is 19.7. The van der Waals surface area contributed by atoms with E-state index in [0.29, 0.717) is 13.2 Å². The summed E-state index contributed by atoms with van der Waals surface area (Å²) < 4.78 is 5.16. The highest BCUT2D eigenvalue weighted by atomic mass is 16.5. The Morgan fingerprint density at radius 2 is 1.95 bits per heavy atom. The van der Waals surface area contributed by atoms with E-state index in [9.17, 15) is 9.59 Å². The molecule has 0 bridgehead atoms. The van der Waals surface area contributed by atoms with Gasteiger partial charge in [0.05, 0.1) is 0 Å². The van der Waals surface area contributed by atoms with Gasteiger partial charge in [0.15, 0.2) is 0 Å². The SMILES string of the molecule is COCCC1(CNC(=O)C(C)C(=O)O)CCCCC1. The first-order valence-electron chi connectivity index (χ1n) is 7.00. The average molecular weight is 271 g/mol. The number of carbonyl (C=O) groups is 2. The van der Waals surface area contributed by atoms with E-state index in [-0.39, 0.29) is 5.41 Å². The average Bonchev–Trinajstić information content (AvgIpc) is 2.43. The van der Waals surface area contributed by atoms with Gasteiger partial charge in [0.1, 0.15) is 5.92 Å². The van der Waals surface area contributed by atoms with E-state index in [1.54, 1.807) is 7.11 Å². The lowest BCUT2D eigenvalue weighted by molar-refractivity contribution is -0.146. The minimum absolute atomic E-state index is 0.0855. The van der Waals surface area contributed by atoms with Gasteiger partial charge in [-0.05, 0) is 31.6 Å². The maximum absolute atomic E-state index is 11.7. The van der Waals surface area contributed by atoms with Gasteiger partial charge in [-0.1, -0.05) is 19.3 Å². The quantitative estimate of drug-likeness (QED) is 0.692. The summed E-state index contributed by atoms with van der Waals surface area (Å²) in [7, 11) is 1.68. The standard InChI is InChI=1S/C14H25NO4/c1-11(13(17)18)12(16)15-10-14(8-9-19-2)6-4-3-5-7-14/h11H,3-10H2,1-2H3,(H,15,16)(H,17,18). The third kappa shape index (κ3) is 4.82. The number of carbonyl (C=O) groups excluding carboxylic acids is 1. The van der Waals surface area contributed by atoms with Crippen LogP contribution >= 0.6 is 0 Å². The number of methoxy groups -OCH3 is 1. The van der Waals surface area contributed by atoms with Crippen LogP contribution in [0.4, 0.5) is 0 Å². The molecule has 5 heteroatoms. The lowest BCUT2D eigenvalue weighted by atomic mass is 9.72. The second-order valence-electron chi connectivity index (χ2n) is 5.58. The molecule has 0 aliphatic heterocycles. The minimum atomic E-state index is -1.08. The van der Waals surface area contributed by atoms with Crippen molar-refractivity contribution in [1.29, 1.82) is 0 Å². The molecule has 5 nitrogen and oxygen atoms in total.